The summed E-state index contributed by atoms with van der Waals surface area (Å²) in [7, 11) is 1.57. The second-order valence-electron chi connectivity index (χ2n) is 2.76. The Bertz CT molecular complexity index is 235. The Morgan fingerprint density at radius 3 is 3.00 bits per heavy atom. The van der Waals surface area contributed by atoms with Crippen LogP contribution in [-0.4, -0.2) is 34.7 Å². The minimum atomic E-state index is -0.478. The van der Waals surface area contributed by atoms with Gasteiger partial charge in [0, 0.05) is 19.0 Å². The molecule has 0 bridgehead atoms. The van der Waals surface area contributed by atoms with E-state index in [2.05, 4.69) is 5.10 Å². The summed E-state index contributed by atoms with van der Waals surface area (Å²) in [4.78, 5) is 0. The second-order valence-corrected chi connectivity index (χ2v) is 2.76. The zero-order valence-electron chi connectivity index (χ0n) is 7.40. The Morgan fingerprint density at radius 1 is 1.75 bits per heavy atom. The first-order valence-electron chi connectivity index (χ1n) is 3.89. The molecule has 1 aromatic heterocycles. The van der Waals surface area contributed by atoms with Gasteiger partial charge in [0.1, 0.15) is 0 Å². The van der Waals surface area contributed by atoms with Crippen LogP contribution in [0.4, 0.5) is 0 Å². The van der Waals surface area contributed by atoms with Gasteiger partial charge in [0.15, 0.2) is 0 Å². The molecule has 0 aliphatic heterocycles. The SMILES string of the molecule is COC[C@@H](O)Cn1nccc1C. The summed E-state index contributed by atoms with van der Waals surface area (Å²) in [6.07, 6.45) is 1.24. The van der Waals surface area contributed by atoms with E-state index in [1.807, 2.05) is 13.0 Å². The third-order valence-electron chi connectivity index (χ3n) is 1.67. The van der Waals surface area contributed by atoms with Gasteiger partial charge in [-0.15, -0.1) is 0 Å². The number of aliphatic hydroxyl groups is 1. The van der Waals surface area contributed by atoms with Crippen molar-refractivity contribution in [2.75, 3.05) is 13.7 Å². The summed E-state index contributed by atoms with van der Waals surface area (Å²) < 4.78 is 6.55. The van der Waals surface area contributed by atoms with E-state index in [0.29, 0.717) is 13.2 Å². The van der Waals surface area contributed by atoms with Crippen molar-refractivity contribution in [2.45, 2.75) is 19.6 Å². The standard InChI is InChI=1S/C8H14N2O2/c1-7-3-4-9-10(7)5-8(11)6-12-2/h3-4,8,11H,5-6H2,1-2H3/t8-/m0/s1. The van der Waals surface area contributed by atoms with Gasteiger partial charge in [-0.05, 0) is 13.0 Å². The molecule has 0 amide bonds. The van der Waals surface area contributed by atoms with Gasteiger partial charge in [-0.25, -0.2) is 0 Å². The molecule has 1 aromatic rings. The Hall–Kier alpha value is -0.870. The van der Waals surface area contributed by atoms with Gasteiger partial charge in [-0.2, -0.15) is 5.10 Å². The Morgan fingerprint density at radius 2 is 2.50 bits per heavy atom. The normalized spacial score (nSPS) is 13.2. The minimum Gasteiger partial charge on any atom is -0.389 e. The summed E-state index contributed by atoms with van der Waals surface area (Å²) in [5.74, 6) is 0. The van der Waals surface area contributed by atoms with Gasteiger partial charge in [-0.3, -0.25) is 4.68 Å². The summed E-state index contributed by atoms with van der Waals surface area (Å²) >= 11 is 0. The molecule has 1 rings (SSSR count). The van der Waals surface area contributed by atoms with Crippen LogP contribution in [0.2, 0.25) is 0 Å². The quantitative estimate of drug-likeness (QED) is 0.702. The highest BCUT2D eigenvalue weighted by atomic mass is 16.5. The lowest BCUT2D eigenvalue weighted by atomic mass is 10.3. The van der Waals surface area contributed by atoms with E-state index in [4.69, 9.17) is 4.74 Å². The maximum Gasteiger partial charge on any atom is 0.0968 e. The number of hydrogen-bond donors (Lipinski definition) is 1. The van der Waals surface area contributed by atoms with Gasteiger partial charge in [0.2, 0.25) is 0 Å². The Kier molecular flexibility index (Phi) is 3.25. The lowest BCUT2D eigenvalue weighted by Crippen LogP contribution is -2.22. The number of rotatable bonds is 4. The Balaban J connectivity index is 2.46. The molecule has 0 saturated carbocycles. The molecule has 1 N–H and O–H groups in total. The van der Waals surface area contributed by atoms with Gasteiger partial charge < -0.3 is 9.84 Å². The van der Waals surface area contributed by atoms with Crippen molar-refractivity contribution in [3.63, 3.8) is 0 Å². The fraction of sp³-hybridized carbons (Fsp3) is 0.625. The zero-order valence-corrected chi connectivity index (χ0v) is 7.40. The number of methoxy groups -OCH3 is 1. The van der Waals surface area contributed by atoms with Crippen LogP contribution in [0.15, 0.2) is 12.3 Å². The average Bonchev–Trinajstić information content (AvgIpc) is 2.37. The van der Waals surface area contributed by atoms with Crippen molar-refractivity contribution in [1.82, 2.24) is 9.78 Å². The molecule has 0 unspecified atom stereocenters. The lowest BCUT2D eigenvalue weighted by molar-refractivity contribution is 0.0510. The molecule has 4 nitrogen and oxygen atoms in total. The first kappa shape index (κ1) is 9.22. The molecule has 0 saturated heterocycles. The second kappa shape index (κ2) is 4.23. The van der Waals surface area contributed by atoms with Crippen molar-refractivity contribution in [3.05, 3.63) is 18.0 Å². The highest BCUT2D eigenvalue weighted by molar-refractivity contribution is 4.96. The van der Waals surface area contributed by atoms with Gasteiger partial charge in [0.05, 0.1) is 19.3 Å². The molecular formula is C8H14N2O2. The van der Waals surface area contributed by atoms with Crippen LogP contribution in [0, 0.1) is 6.92 Å². The van der Waals surface area contributed by atoms with Crippen molar-refractivity contribution in [3.8, 4) is 0 Å². The summed E-state index contributed by atoms with van der Waals surface area (Å²) in [6.45, 7) is 2.79. The van der Waals surface area contributed by atoms with Crippen LogP contribution in [0.5, 0.6) is 0 Å². The van der Waals surface area contributed by atoms with Crippen LogP contribution in [0.3, 0.4) is 0 Å². The number of aromatic nitrogens is 2. The molecule has 68 valence electrons. The van der Waals surface area contributed by atoms with E-state index in [1.165, 1.54) is 0 Å². The molecular weight excluding hydrogens is 156 g/mol. The van der Waals surface area contributed by atoms with E-state index in [-0.39, 0.29) is 0 Å². The predicted octanol–water partition coefficient (Wildman–Crippen LogP) is 0.199. The van der Waals surface area contributed by atoms with Crippen LogP contribution in [0.1, 0.15) is 5.69 Å². The Labute approximate surface area is 71.8 Å². The smallest absolute Gasteiger partial charge is 0.0968 e. The van der Waals surface area contributed by atoms with Crippen LogP contribution in [-0.2, 0) is 11.3 Å². The first-order valence-corrected chi connectivity index (χ1v) is 3.89. The van der Waals surface area contributed by atoms with Crippen molar-refractivity contribution in [1.29, 1.82) is 0 Å². The highest BCUT2D eigenvalue weighted by Gasteiger charge is 2.05. The van der Waals surface area contributed by atoms with Gasteiger partial charge in [-0.1, -0.05) is 0 Å². The monoisotopic (exact) mass is 170 g/mol. The average molecular weight is 170 g/mol. The minimum absolute atomic E-state index is 0.347. The van der Waals surface area contributed by atoms with Crippen LogP contribution < -0.4 is 0 Å². The maximum absolute atomic E-state index is 9.36. The van der Waals surface area contributed by atoms with E-state index >= 15 is 0 Å². The lowest BCUT2D eigenvalue weighted by Gasteiger charge is -2.10. The number of nitrogens with zero attached hydrogens (tertiary/aromatic N) is 2. The fourth-order valence-electron chi connectivity index (χ4n) is 1.03. The van der Waals surface area contributed by atoms with E-state index in [1.54, 1.807) is 18.0 Å². The summed E-state index contributed by atoms with van der Waals surface area (Å²) in [5.41, 5.74) is 1.05. The van der Waals surface area contributed by atoms with Crippen molar-refractivity contribution in [2.24, 2.45) is 0 Å². The van der Waals surface area contributed by atoms with E-state index in [9.17, 15) is 5.11 Å². The van der Waals surface area contributed by atoms with Crippen molar-refractivity contribution < 1.29 is 9.84 Å². The molecule has 12 heavy (non-hydrogen) atoms. The topological polar surface area (TPSA) is 47.3 Å². The molecule has 0 aromatic carbocycles. The molecule has 0 fully saturated rings. The largest absolute Gasteiger partial charge is 0.389 e. The number of aryl methyl sites for hydroxylation is 1. The molecule has 0 aliphatic rings. The summed E-state index contributed by atoms with van der Waals surface area (Å²) in [5, 5.41) is 13.4. The van der Waals surface area contributed by atoms with E-state index in [0.717, 1.165) is 5.69 Å². The first-order chi connectivity index (χ1) is 5.74. The number of aliphatic hydroxyl groups excluding tert-OH is 1. The summed E-state index contributed by atoms with van der Waals surface area (Å²) in [6, 6.07) is 1.90. The number of hydrogen-bond acceptors (Lipinski definition) is 3. The molecule has 0 spiro atoms. The number of ether oxygens (including phenoxy) is 1. The van der Waals surface area contributed by atoms with Gasteiger partial charge >= 0.3 is 0 Å². The van der Waals surface area contributed by atoms with Crippen LogP contribution >= 0.6 is 0 Å². The van der Waals surface area contributed by atoms with E-state index < -0.39 is 6.10 Å². The third kappa shape index (κ3) is 2.32. The molecule has 0 radical (unpaired) electrons. The third-order valence-corrected chi connectivity index (χ3v) is 1.67. The zero-order chi connectivity index (χ0) is 8.97. The fourth-order valence-corrected chi connectivity index (χ4v) is 1.03. The maximum atomic E-state index is 9.36. The molecule has 1 atom stereocenters. The highest BCUT2D eigenvalue weighted by Crippen LogP contribution is 1.98. The van der Waals surface area contributed by atoms with Crippen molar-refractivity contribution >= 4 is 0 Å². The van der Waals surface area contributed by atoms with Gasteiger partial charge in [0.25, 0.3) is 0 Å². The predicted molar refractivity (Wildman–Crippen MR) is 44.8 cm³/mol. The molecule has 1 heterocycles. The van der Waals surface area contributed by atoms with Crippen LogP contribution in [0.25, 0.3) is 0 Å². The molecule has 4 heteroatoms. The molecule has 0 aliphatic carbocycles.